The molecule has 0 aromatic heterocycles. The molecule has 5 heteroatoms. The minimum absolute atomic E-state index is 0.0721. The van der Waals surface area contributed by atoms with Gasteiger partial charge < -0.3 is 11.1 Å². The Kier molecular flexibility index (Phi) is 3.54. The second-order valence-electron chi connectivity index (χ2n) is 4.29. The zero-order chi connectivity index (χ0) is 12.4. The first-order chi connectivity index (χ1) is 8.08. The van der Waals surface area contributed by atoms with E-state index in [0.717, 1.165) is 12.1 Å². The molecule has 92 valence electrons. The molecule has 0 saturated carbocycles. The van der Waals surface area contributed by atoms with Gasteiger partial charge in [0, 0.05) is 30.3 Å². The summed E-state index contributed by atoms with van der Waals surface area (Å²) in [5.41, 5.74) is 7.31. The fourth-order valence-electron chi connectivity index (χ4n) is 1.96. The van der Waals surface area contributed by atoms with Gasteiger partial charge in [0.15, 0.2) is 0 Å². The maximum Gasteiger partial charge on any atom is 0.237 e. The number of carbonyl (C=O) groups excluding carboxylic acids is 1. The molecule has 1 aromatic rings. The molecule has 1 fully saturated rings. The van der Waals surface area contributed by atoms with Crippen LogP contribution in [0.2, 0.25) is 5.02 Å². The van der Waals surface area contributed by atoms with Crippen LogP contribution in [-0.2, 0) is 11.3 Å². The Morgan fingerprint density at radius 2 is 2.35 bits per heavy atom. The number of nitrogens with two attached hydrogens (primary N) is 1. The first kappa shape index (κ1) is 12.2. The van der Waals surface area contributed by atoms with Crippen LogP contribution in [0.3, 0.4) is 0 Å². The number of nitrogens with zero attached hydrogens (tertiary/aromatic N) is 1. The standard InChI is InChI=1S/C12H16ClN3O/c1-8-12(17)15-4-5-16(8)7-9-2-3-10(14)6-11(9)13/h2-3,6,8H,4-5,7,14H2,1H3,(H,15,17). The number of rotatable bonds is 2. The Bertz CT molecular complexity index is 436. The van der Waals surface area contributed by atoms with Gasteiger partial charge in [0.25, 0.3) is 0 Å². The Labute approximate surface area is 106 Å². The lowest BCUT2D eigenvalue weighted by atomic mass is 10.1. The van der Waals surface area contributed by atoms with Crippen molar-refractivity contribution < 1.29 is 4.79 Å². The number of nitrogens with one attached hydrogen (secondary N) is 1. The third-order valence-corrected chi connectivity index (χ3v) is 3.43. The van der Waals surface area contributed by atoms with E-state index in [2.05, 4.69) is 10.2 Å². The zero-order valence-electron chi connectivity index (χ0n) is 9.74. The van der Waals surface area contributed by atoms with E-state index < -0.39 is 0 Å². The number of carbonyl (C=O) groups is 1. The minimum Gasteiger partial charge on any atom is -0.399 e. The molecule has 1 saturated heterocycles. The summed E-state index contributed by atoms with van der Waals surface area (Å²) in [6.45, 7) is 4.11. The van der Waals surface area contributed by atoms with Crippen LogP contribution in [0.25, 0.3) is 0 Å². The van der Waals surface area contributed by atoms with Crippen molar-refractivity contribution in [2.45, 2.75) is 19.5 Å². The highest BCUT2D eigenvalue weighted by atomic mass is 35.5. The van der Waals surface area contributed by atoms with Crippen LogP contribution in [0.4, 0.5) is 5.69 Å². The molecule has 17 heavy (non-hydrogen) atoms. The molecular weight excluding hydrogens is 238 g/mol. The minimum atomic E-state index is -0.114. The summed E-state index contributed by atoms with van der Waals surface area (Å²) < 4.78 is 0. The molecule has 2 rings (SSSR count). The van der Waals surface area contributed by atoms with E-state index in [-0.39, 0.29) is 11.9 Å². The van der Waals surface area contributed by atoms with Gasteiger partial charge in [0.05, 0.1) is 6.04 Å². The number of benzene rings is 1. The van der Waals surface area contributed by atoms with Gasteiger partial charge in [-0.25, -0.2) is 0 Å². The molecule has 1 amide bonds. The summed E-state index contributed by atoms with van der Waals surface area (Å²) >= 11 is 6.13. The number of anilines is 1. The van der Waals surface area contributed by atoms with Crippen LogP contribution in [0.15, 0.2) is 18.2 Å². The number of hydrogen-bond donors (Lipinski definition) is 2. The van der Waals surface area contributed by atoms with Crippen molar-refractivity contribution >= 4 is 23.2 Å². The Hall–Kier alpha value is -1.26. The average Bonchev–Trinajstić information content (AvgIpc) is 2.28. The molecule has 1 atom stereocenters. The summed E-state index contributed by atoms with van der Waals surface area (Å²) in [5, 5.41) is 3.49. The second-order valence-corrected chi connectivity index (χ2v) is 4.70. The van der Waals surface area contributed by atoms with Gasteiger partial charge in [-0.05, 0) is 24.6 Å². The molecule has 0 spiro atoms. The molecule has 1 aliphatic heterocycles. The summed E-state index contributed by atoms with van der Waals surface area (Å²) in [6, 6.07) is 5.37. The average molecular weight is 254 g/mol. The number of nitrogen functional groups attached to an aromatic ring is 1. The van der Waals surface area contributed by atoms with Gasteiger partial charge in [-0.2, -0.15) is 0 Å². The van der Waals surface area contributed by atoms with Crippen molar-refractivity contribution in [3.8, 4) is 0 Å². The lowest BCUT2D eigenvalue weighted by Gasteiger charge is -2.32. The zero-order valence-corrected chi connectivity index (χ0v) is 10.5. The molecule has 3 N–H and O–H groups in total. The largest absolute Gasteiger partial charge is 0.399 e. The predicted molar refractivity (Wildman–Crippen MR) is 68.7 cm³/mol. The van der Waals surface area contributed by atoms with Gasteiger partial charge in [0.2, 0.25) is 5.91 Å². The number of amides is 1. The molecular formula is C12H16ClN3O. The fraction of sp³-hybridized carbons (Fsp3) is 0.417. The molecule has 4 nitrogen and oxygen atoms in total. The highest BCUT2D eigenvalue weighted by Crippen LogP contribution is 2.21. The maximum absolute atomic E-state index is 11.5. The van der Waals surface area contributed by atoms with Gasteiger partial charge >= 0.3 is 0 Å². The number of hydrogen-bond acceptors (Lipinski definition) is 3. The van der Waals surface area contributed by atoms with Crippen molar-refractivity contribution in [1.29, 1.82) is 0 Å². The summed E-state index contributed by atoms with van der Waals surface area (Å²) in [6.07, 6.45) is 0. The van der Waals surface area contributed by atoms with Gasteiger partial charge in [-0.1, -0.05) is 17.7 Å². The summed E-state index contributed by atoms with van der Waals surface area (Å²) in [4.78, 5) is 13.6. The van der Waals surface area contributed by atoms with E-state index >= 15 is 0 Å². The monoisotopic (exact) mass is 253 g/mol. The SMILES string of the molecule is CC1C(=O)NCCN1Cc1ccc(N)cc1Cl. The van der Waals surface area contributed by atoms with E-state index in [9.17, 15) is 4.79 Å². The predicted octanol–water partition coefficient (Wildman–Crippen LogP) is 1.24. The lowest BCUT2D eigenvalue weighted by molar-refractivity contribution is -0.128. The Balaban J connectivity index is 2.12. The highest BCUT2D eigenvalue weighted by molar-refractivity contribution is 6.31. The van der Waals surface area contributed by atoms with Gasteiger partial charge in [-0.15, -0.1) is 0 Å². The first-order valence-electron chi connectivity index (χ1n) is 5.63. The van der Waals surface area contributed by atoms with Crippen LogP contribution in [0.1, 0.15) is 12.5 Å². The lowest BCUT2D eigenvalue weighted by Crippen LogP contribution is -2.53. The van der Waals surface area contributed by atoms with Crippen molar-refractivity contribution in [2.75, 3.05) is 18.8 Å². The quantitative estimate of drug-likeness (QED) is 0.780. The molecule has 1 unspecified atom stereocenters. The summed E-state index contributed by atoms with van der Waals surface area (Å²) in [5.74, 6) is 0.0721. The molecule has 0 aliphatic carbocycles. The van der Waals surface area contributed by atoms with E-state index in [1.165, 1.54) is 0 Å². The highest BCUT2D eigenvalue weighted by Gasteiger charge is 2.25. The molecule has 1 aliphatic rings. The maximum atomic E-state index is 11.5. The van der Waals surface area contributed by atoms with Gasteiger partial charge in [-0.3, -0.25) is 9.69 Å². The first-order valence-corrected chi connectivity index (χ1v) is 6.01. The Morgan fingerprint density at radius 1 is 1.59 bits per heavy atom. The fourth-order valence-corrected chi connectivity index (χ4v) is 2.21. The van der Waals surface area contributed by atoms with Crippen molar-refractivity contribution in [3.63, 3.8) is 0 Å². The number of piperazine rings is 1. The van der Waals surface area contributed by atoms with Crippen molar-refractivity contribution in [3.05, 3.63) is 28.8 Å². The van der Waals surface area contributed by atoms with E-state index in [0.29, 0.717) is 23.8 Å². The van der Waals surface area contributed by atoms with Gasteiger partial charge in [0.1, 0.15) is 0 Å². The third kappa shape index (κ3) is 2.70. The third-order valence-electron chi connectivity index (χ3n) is 3.08. The smallest absolute Gasteiger partial charge is 0.237 e. The van der Waals surface area contributed by atoms with E-state index in [1.807, 2.05) is 19.1 Å². The van der Waals surface area contributed by atoms with Crippen LogP contribution in [-0.4, -0.2) is 29.9 Å². The molecule has 0 radical (unpaired) electrons. The Morgan fingerprint density at radius 3 is 3.06 bits per heavy atom. The van der Waals surface area contributed by atoms with Crippen LogP contribution >= 0.6 is 11.6 Å². The second kappa shape index (κ2) is 4.94. The van der Waals surface area contributed by atoms with E-state index in [4.69, 9.17) is 17.3 Å². The van der Waals surface area contributed by atoms with Crippen LogP contribution in [0, 0.1) is 0 Å². The normalized spacial score (nSPS) is 21.3. The molecule has 0 bridgehead atoms. The van der Waals surface area contributed by atoms with Crippen molar-refractivity contribution in [1.82, 2.24) is 10.2 Å². The molecule has 1 aromatic carbocycles. The van der Waals surface area contributed by atoms with Crippen molar-refractivity contribution in [2.24, 2.45) is 0 Å². The van der Waals surface area contributed by atoms with E-state index in [1.54, 1.807) is 6.07 Å². The molecule has 1 heterocycles. The topological polar surface area (TPSA) is 58.4 Å². The van der Waals surface area contributed by atoms with Crippen LogP contribution in [0.5, 0.6) is 0 Å². The summed E-state index contributed by atoms with van der Waals surface area (Å²) in [7, 11) is 0. The number of halogens is 1. The van der Waals surface area contributed by atoms with Crippen LogP contribution < -0.4 is 11.1 Å².